The molecule has 3 heterocycles. The number of likely N-dealkylation sites (tertiary alicyclic amines) is 2. The summed E-state index contributed by atoms with van der Waals surface area (Å²) in [4.78, 5) is 128. The van der Waals surface area contributed by atoms with Crippen LogP contribution in [0, 0.1) is 18.4 Å². The lowest BCUT2D eigenvalue weighted by Gasteiger charge is -2.32. The highest BCUT2D eigenvalue weighted by atomic mass is 17.1. The number of amides is 5. The molecular weight excluding hydrogens is 889 g/mol. The van der Waals surface area contributed by atoms with Gasteiger partial charge in [0.15, 0.2) is 11.6 Å². The van der Waals surface area contributed by atoms with Gasteiger partial charge in [0, 0.05) is 70.4 Å². The molecule has 7 atom stereocenters. The van der Waals surface area contributed by atoms with E-state index in [1.165, 1.54) is 28.9 Å². The van der Waals surface area contributed by atoms with Crippen LogP contribution < -0.4 is 16.4 Å². The number of ketones is 2. The molecule has 25 nitrogen and oxygen atoms in total. The Balaban J connectivity index is 1.26. The Morgan fingerprint density at radius 1 is 0.940 bits per heavy atom. The van der Waals surface area contributed by atoms with Crippen LogP contribution in [-0.2, 0) is 68.8 Å². The van der Waals surface area contributed by atoms with Crippen molar-refractivity contribution in [1.82, 2.24) is 30.2 Å². The predicted octanol–water partition coefficient (Wildman–Crippen LogP) is -3.06. The van der Waals surface area contributed by atoms with Gasteiger partial charge in [-0.1, -0.05) is 19.1 Å². The molecule has 67 heavy (non-hydrogen) atoms. The van der Waals surface area contributed by atoms with Crippen LogP contribution in [0.3, 0.4) is 0 Å². The monoisotopic (exact) mass is 950 g/mol. The molecule has 372 valence electrons. The van der Waals surface area contributed by atoms with Crippen LogP contribution in [0.15, 0.2) is 24.3 Å². The number of nitrogens with one attached hydrogen (secondary N) is 2. The second kappa shape index (κ2) is 26.6. The first-order valence-corrected chi connectivity index (χ1v) is 21.8. The summed E-state index contributed by atoms with van der Waals surface area (Å²) in [6.07, 6.45) is -1.35. The average molecular weight is 951 g/mol. The fourth-order valence-corrected chi connectivity index (χ4v) is 8.24. The van der Waals surface area contributed by atoms with E-state index in [1.54, 1.807) is 23.6 Å². The quantitative estimate of drug-likeness (QED) is 0.00717. The standard InChI is InChI=1S/C42H62N8O17/c1-28(15-32(54)19-44-37(57)22-46(9-10-47(24-64-26-51)25-65-27-52)11-12-50(13-14-66-62)23-39(50)67-63)41(60)45-20-38(58)49-21-33(55)18-35(49)42(61)48-8-2-3-34(48)36(56)17-30(40(43)59)16-29-4-6-31(53)7-5-29/h4-7,13,26-28,30,33-35,39,53,55,62-63H,2-3,8-12,14-25H2,1H3,(H2,43,59)(H,44,57)(H,45,60)/t28?,30?,33-,34?,35?,39?,50?/m0/s1. The van der Waals surface area contributed by atoms with Gasteiger partial charge in [0.05, 0.1) is 38.3 Å². The van der Waals surface area contributed by atoms with E-state index in [0.29, 0.717) is 31.5 Å². The van der Waals surface area contributed by atoms with Crippen LogP contribution in [0.4, 0.5) is 0 Å². The number of carbonyl (C=O) groups is 9. The van der Waals surface area contributed by atoms with Crippen molar-refractivity contribution in [2.45, 2.75) is 69.9 Å². The number of phenols is 1. The van der Waals surface area contributed by atoms with Crippen molar-refractivity contribution in [3.05, 3.63) is 36.4 Å². The zero-order valence-electron chi connectivity index (χ0n) is 37.4. The van der Waals surface area contributed by atoms with Crippen LogP contribution in [0.25, 0.3) is 0 Å². The van der Waals surface area contributed by atoms with E-state index >= 15 is 0 Å². The lowest BCUT2D eigenvalue weighted by atomic mass is 9.91. The lowest BCUT2D eigenvalue weighted by Crippen LogP contribution is -2.53. The number of hydrogen-bond acceptors (Lipinski definition) is 19. The van der Waals surface area contributed by atoms with Crippen molar-refractivity contribution in [1.29, 1.82) is 0 Å². The number of aromatic hydroxyl groups is 1. The second-order valence-electron chi connectivity index (χ2n) is 16.9. The predicted molar refractivity (Wildman–Crippen MR) is 227 cm³/mol. The minimum absolute atomic E-state index is 0.0377. The first-order valence-electron chi connectivity index (χ1n) is 21.8. The third kappa shape index (κ3) is 16.6. The summed E-state index contributed by atoms with van der Waals surface area (Å²) in [6.45, 7) is 2.86. The molecule has 25 heteroatoms. The van der Waals surface area contributed by atoms with Gasteiger partial charge in [0.2, 0.25) is 35.8 Å². The van der Waals surface area contributed by atoms with Crippen LogP contribution >= 0.6 is 0 Å². The molecular formula is C42H62N8O17. The highest BCUT2D eigenvalue weighted by Gasteiger charge is 2.50. The van der Waals surface area contributed by atoms with Gasteiger partial charge in [0.1, 0.15) is 31.8 Å². The minimum atomic E-state index is -1.12. The molecule has 3 fully saturated rings. The molecule has 0 radical (unpaired) electrons. The fourth-order valence-electron chi connectivity index (χ4n) is 8.24. The number of hydrogen-bond donors (Lipinski definition) is 7. The molecule has 0 aromatic heterocycles. The van der Waals surface area contributed by atoms with E-state index in [4.69, 9.17) is 20.5 Å². The molecule has 0 saturated carbocycles. The Morgan fingerprint density at radius 2 is 1.63 bits per heavy atom. The van der Waals surface area contributed by atoms with Crippen LogP contribution in [0.2, 0.25) is 0 Å². The zero-order valence-corrected chi connectivity index (χ0v) is 37.4. The van der Waals surface area contributed by atoms with Gasteiger partial charge in [-0.05, 0) is 37.0 Å². The summed E-state index contributed by atoms with van der Waals surface area (Å²) in [6, 6.07) is 4.14. The smallest absolute Gasteiger partial charge is 0.294 e. The van der Waals surface area contributed by atoms with Gasteiger partial charge in [-0.15, -0.1) is 6.54 Å². The van der Waals surface area contributed by atoms with Crippen molar-refractivity contribution in [3.63, 3.8) is 0 Å². The minimum Gasteiger partial charge on any atom is -0.508 e. The zero-order chi connectivity index (χ0) is 49.1. The molecule has 1 aromatic rings. The van der Waals surface area contributed by atoms with E-state index in [1.807, 2.05) is 0 Å². The topological polar surface area (TPSA) is 335 Å². The van der Waals surface area contributed by atoms with Gasteiger partial charge in [-0.25, -0.2) is 10.2 Å². The Labute approximate surface area is 386 Å². The van der Waals surface area contributed by atoms with E-state index < -0.39 is 84.7 Å². The number of aliphatic hydroxyl groups excluding tert-OH is 1. The molecule has 3 aliphatic rings. The number of carbonyl (C=O) groups excluding carboxylic acids is 9. The highest BCUT2D eigenvalue weighted by Crippen LogP contribution is 2.33. The summed E-state index contributed by atoms with van der Waals surface area (Å²) < 4.78 is 9.63. The molecule has 6 unspecified atom stereocenters. The number of phenolic OH excluding ortho intramolecular Hbond substituents is 1. The number of rotatable bonds is 32. The number of quaternary nitrogens is 1. The van der Waals surface area contributed by atoms with Gasteiger partial charge < -0.3 is 50.3 Å². The Morgan fingerprint density at radius 3 is 2.25 bits per heavy atom. The fraction of sp³-hybridized carbons (Fsp3) is 0.619. The normalized spacial score (nSPS) is 21.9. The molecule has 3 aliphatic heterocycles. The average Bonchev–Trinajstić information content (AvgIpc) is 3.55. The molecule has 5 amide bonds. The van der Waals surface area contributed by atoms with Crippen molar-refractivity contribution in [3.8, 4) is 5.75 Å². The van der Waals surface area contributed by atoms with Gasteiger partial charge in [-0.3, -0.25) is 58.2 Å². The molecule has 0 aliphatic carbocycles. The third-order valence-electron chi connectivity index (χ3n) is 12.1. The number of benzene rings is 1. The summed E-state index contributed by atoms with van der Waals surface area (Å²) >= 11 is 0. The lowest BCUT2D eigenvalue weighted by molar-refractivity contribution is -0.808. The van der Waals surface area contributed by atoms with E-state index in [0.717, 1.165) is 4.90 Å². The first kappa shape index (κ1) is 53.9. The molecule has 0 spiro atoms. The maximum Gasteiger partial charge on any atom is 0.294 e. The number of aliphatic hydroxyl groups is 1. The highest BCUT2D eigenvalue weighted by molar-refractivity contribution is 5.96. The van der Waals surface area contributed by atoms with Crippen LogP contribution in [0.5, 0.6) is 5.75 Å². The van der Waals surface area contributed by atoms with Crippen LogP contribution in [0.1, 0.15) is 44.6 Å². The van der Waals surface area contributed by atoms with E-state index in [-0.39, 0.29) is 114 Å². The molecule has 8 N–H and O–H groups in total. The molecule has 3 saturated heterocycles. The second-order valence-corrected chi connectivity index (χ2v) is 16.9. The van der Waals surface area contributed by atoms with Crippen molar-refractivity contribution >= 4 is 54.0 Å². The maximum absolute atomic E-state index is 13.9. The number of β-amino-alcohol motifs (C(OH)–C–C–N with tert-alkyl or cyclic N) is 1. The Hall–Kier alpha value is -5.67. The van der Waals surface area contributed by atoms with E-state index in [2.05, 4.69) is 20.4 Å². The van der Waals surface area contributed by atoms with Gasteiger partial charge in [0.25, 0.3) is 12.9 Å². The Kier molecular flexibility index (Phi) is 21.4. The SMILES string of the molecule is CC(CC(=O)CNC(=O)CN(CCN(COC=O)COC=O)CC[N+]1([CH-]COO)CC1OO)C(=O)NCC(=O)N1C[C@@H](O)CC1C(=O)N1CCCC1C(=O)CC(Cc1ccc(O)cc1)C(N)=O. The number of nitrogens with zero attached hydrogens (tertiary/aromatic N) is 5. The van der Waals surface area contributed by atoms with Crippen molar-refractivity contribution < 1.29 is 87.6 Å². The van der Waals surface area contributed by atoms with Crippen molar-refractivity contribution in [2.24, 2.45) is 17.6 Å². The molecule has 1 aromatic carbocycles. The summed E-state index contributed by atoms with van der Waals surface area (Å²) in [5.74, 6) is -5.79. The number of ether oxygens (including phenoxy) is 2. The summed E-state index contributed by atoms with van der Waals surface area (Å²) in [5, 5.41) is 43.2. The largest absolute Gasteiger partial charge is 0.508 e. The number of nitrogens with two attached hydrogens (primary N) is 1. The maximum atomic E-state index is 13.9. The van der Waals surface area contributed by atoms with Gasteiger partial charge >= 0.3 is 0 Å². The van der Waals surface area contributed by atoms with E-state index in [9.17, 15) is 58.6 Å². The number of Topliss-reactive ketones (excluding diaryl/α,β-unsaturated/α-hetero) is 2. The molecule has 4 rings (SSSR count). The Bertz CT molecular complexity index is 1860. The summed E-state index contributed by atoms with van der Waals surface area (Å²) in [5.41, 5.74) is 6.31. The molecule has 0 bridgehead atoms. The van der Waals surface area contributed by atoms with Crippen molar-refractivity contribution in [2.75, 3.05) is 85.5 Å². The number of primary amides is 1. The van der Waals surface area contributed by atoms with Crippen LogP contribution in [-0.4, -0.2) is 209 Å². The van der Waals surface area contributed by atoms with Gasteiger partial charge in [-0.2, -0.15) is 4.89 Å². The first-order chi connectivity index (χ1) is 32.0. The third-order valence-corrected chi connectivity index (χ3v) is 12.1. The summed E-state index contributed by atoms with van der Waals surface area (Å²) in [7, 11) is 0.